The number of rotatable bonds is 6. The topological polar surface area (TPSA) is 78.8 Å². The molecule has 0 aliphatic heterocycles. The molecule has 0 aromatic carbocycles. The standard InChI is InChI=1S/C17H17N3O2S2/c1-3-22-7-4-6-20-16(21)15(9-14-12(2)5-8-23-14)24-17(20)13(10-18)11-19/h5,8-9H,3-4,6-7H2,1-2H3/b15-9+. The molecule has 0 saturated heterocycles. The third kappa shape index (κ3) is 4.01. The number of aryl methyl sites for hydroxylation is 1. The highest BCUT2D eigenvalue weighted by atomic mass is 32.1. The molecule has 24 heavy (non-hydrogen) atoms. The molecule has 124 valence electrons. The van der Waals surface area contributed by atoms with Crippen molar-refractivity contribution in [3.8, 4) is 12.1 Å². The van der Waals surface area contributed by atoms with E-state index in [1.165, 1.54) is 15.9 Å². The summed E-state index contributed by atoms with van der Waals surface area (Å²) < 4.78 is 7.77. The third-order valence-corrected chi connectivity index (χ3v) is 5.48. The summed E-state index contributed by atoms with van der Waals surface area (Å²) in [5, 5.41) is 20.3. The van der Waals surface area contributed by atoms with Crippen molar-refractivity contribution in [2.45, 2.75) is 26.8 Å². The van der Waals surface area contributed by atoms with E-state index in [0.717, 1.165) is 10.4 Å². The summed E-state index contributed by atoms with van der Waals surface area (Å²) in [6.07, 6.45) is 2.49. The van der Waals surface area contributed by atoms with Gasteiger partial charge in [0.05, 0.1) is 4.53 Å². The van der Waals surface area contributed by atoms with E-state index >= 15 is 0 Å². The Labute approximate surface area is 148 Å². The van der Waals surface area contributed by atoms with Crippen molar-refractivity contribution >= 4 is 34.3 Å². The van der Waals surface area contributed by atoms with Gasteiger partial charge in [-0.1, -0.05) is 0 Å². The first-order chi connectivity index (χ1) is 11.6. The zero-order valence-electron chi connectivity index (χ0n) is 13.5. The first kappa shape index (κ1) is 18.2. The van der Waals surface area contributed by atoms with Crippen LogP contribution in [0.2, 0.25) is 0 Å². The van der Waals surface area contributed by atoms with Gasteiger partial charge in [-0.05, 0) is 43.4 Å². The van der Waals surface area contributed by atoms with Gasteiger partial charge in [-0.25, -0.2) is 0 Å². The molecular weight excluding hydrogens is 342 g/mol. The van der Waals surface area contributed by atoms with Crippen LogP contribution >= 0.6 is 22.7 Å². The lowest BCUT2D eigenvalue weighted by atomic mass is 10.3. The molecule has 7 heteroatoms. The van der Waals surface area contributed by atoms with Crippen LogP contribution in [0.5, 0.6) is 0 Å². The second-order valence-corrected chi connectivity index (χ2v) is 6.97. The largest absolute Gasteiger partial charge is 0.382 e. The number of aromatic nitrogens is 1. The van der Waals surface area contributed by atoms with Crippen molar-refractivity contribution in [2.24, 2.45) is 0 Å². The maximum Gasteiger partial charge on any atom is 0.269 e. The second kappa shape index (κ2) is 8.60. The van der Waals surface area contributed by atoms with E-state index in [2.05, 4.69) is 0 Å². The van der Waals surface area contributed by atoms with Crippen LogP contribution in [0.25, 0.3) is 11.6 Å². The first-order valence-electron chi connectivity index (χ1n) is 7.50. The highest BCUT2D eigenvalue weighted by Crippen LogP contribution is 2.15. The molecule has 2 heterocycles. The molecule has 0 aliphatic rings. The lowest BCUT2D eigenvalue weighted by Gasteiger charge is -2.02. The van der Waals surface area contributed by atoms with Crippen LogP contribution in [-0.4, -0.2) is 17.8 Å². The Morgan fingerprint density at radius 2 is 2.17 bits per heavy atom. The molecule has 0 fully saturated rings. The van der Waals surface area contributed by atoms with Crippen molar-refractivity contribution < 1.29 is 4.74 Å². The fraction of sp³-hybridized carbons (Fsp3) is 0.353. The van der Waals surface area contributed by atoms with Gasteiger partial charge < -0.3 is 4.74 Å². The summed E-state index contributed by atoms with van der Waals surface area (Å²) >= 11 is 2.75. The van der Waals surface area contributed by atoms with Crippen molar-refractivity contribution in [1.82, 2.24) is 4.57 Å². The molecule has 0 bridgehead atoms. The number of thiophene rings is 1. The molecular formula is C17H17N3O2S2. The minimum Gasteiger partial charge on any atom is -0.382 e. The Hall–Kier alpha value is -2.19. The van der Waals surface area contributed by atoms with Crippen LogP contribution in [0.15, 0.2) is 16.2 Å². The molecule has 0 aliphatic carbocycles. The van der Waals surface area contributed by atoms with Crippen molar-refractivity contribution in [3.63, 3.8) is 0 Å². The summed E-state index contributed by atoms with van der Waals surface area (Å²) in [5.74, 6) is 0. The van der Waals surface area contributed by atoms with Gasteiger partial charge in [0.25, 0.3) is 5.56 Å². The molecule has 2 aromatic heterocycles. The minimum absolute atomic E-state index is 0.0314. The lowest BCUT2D eigenvalue weighted by Crippen LogP contribution is -2.32. The Balaban J connectivity index is 2.57. The molecule has 0 spiro atoms. The van der Waals surface area contributed by atoms with E-state index in [-0.39, 0.29) is 11.1 Å². The van der Waals surface area contributed by atoms with Crippen LogP contribution in [0.1, 0.15) is 23.8 Å². The molecule has 0 atom stereocenters. The second-order valence-electron chi connectivity index (χ2n) is 4.99. The molecule has 2 aromatic rings. The van der Waals surface area contributed by atoms with E-state index in [1.54, 1.807) is 11.3 Å². The van der Waals surface area contributed by atoms with Crippen molar-refractivity contribution in [2.75, 3.05) is 13.2 Å². The van der Waals surface area contributed by atoms with Crippen LogP contribution in [-0.2, 0) is 11.3 Å². The van der Waals surface area contributed by atoms with Gasteiger partial charge in [0.15, 0.2) is 5.57 Å². The van der Waals surface area contributed by atoms with Crippen LogP contribution in [0.4, 0.5) is 0 Å². The van der Waals surface area contributed by atoms with Crippen LogP contribution in [0, 0.1) is 29.6 Å². The van der Waals surface area contributed by atoms with Crippen LogP contribution in [0.3, 0.4) is 0 Å². The van der Waals surface area contributed by atoms with E-state index in [0.29, 0.717) is 35.4 Å². The maximum atomic E-state index is 12.7. The summed E-state index contributed by atoms with van der Waals surface area (Å²) in [6.45, 7) is 5.48. The molecule has 0 radical (unpaired) electrons. The SMILES string of the molecule is CCOCCCn1c(=C(C#N)C#N)s/c(=C/c2sccc2C)c1=O. The van der Waals surface area contributed by atoms with Gasteiger partial charge in [-0.15, -0.1) is 22.7 Å². The number of hydrogen-bond donors (Lipinski definition) is 0. The summed E-state index contributed by atoms with van der Waals surface area (Å²) in [4.78, 5) is 13.7. The van der Waals surface area contributed by atoms with Crippen LogP contribution < -0.4 is 14.8 Å². The fourth-order valence-electron chi connectivity index (χ4n) is 2.15. The van der Waals surface area contributed by atoms with E-state index in [9.17, 15) is 4.79 Å². The van der Waals surface area contributed by atoms with Gasteiger partial charge in [0.1, 0.15) is 16.8 Å². The monoisotopic (exact) mass is 359 g/mol. The molecule has 2 rings (SSSR count). The fourth-order valence-corrected chi connectivity index (χ4v) is 4.14. The number of hydrogen-bond acceptors (Lipinski definition) is 6. The van der Waals surface area contributed by atoms with Crippen molar-refractivity contribution in [3.05, 3.63) is 41.4 Å². The Kier molecular flexibility index (Phi) is 6.51. The van der Waals surface area contributed by atoms with Gasteiger partial charge >= 0.3 is 0 Å². The Morgan fingerprint density at radius 3 is 2.75 bits per heavy atom. The van der Waals surface area contributed by atoms with Gasteiger partial charge in [0.2, 0.25) is 0 Å². The molecule has 0 amide bonds. The highest BCUT2D eigenvalue weighted by molar-refractivity contribution is 7.11. The van der Waals surface area contributed by atoms with Gasteiger partial charge in [-0.2, -0.15) is 10.5 Å². The highest BCUT2D eigenvalue weighted by Gasteiger charge is 2.09. The predicted molar refractivity (Wildman–Crippen MR) is 96.2 cm³/mol. The van der Waals surface area contributed by atoms with Crippen molar-refractivity contribution in [1.29, 1.82) is 10.5 Å². The first-order valence-corrected chi connectivity index (χ1v) is 9.19. The summed E-state index contributed by atoms with van der Waals surface area (Å²) in [7, 11) is 0. The average molecular weight is 359 g/mol. The number of ether oxygens (including phenoxy) is 1. The van der Waals surface area contributed by atoms with Gasteiger partial charge in [-0.3, -0.25) is 9.36 Å². The molecule has 5 nitrogen and oxygen atoms in total. The number of nitrogens with zero attached hydrogens (tertiary/aromatic N) is 3. The van der Waals surface area contributed by atoms with Gasteiger partial charge in [0, 0.05) is 24.6 Å². The smallest absolute Gasteiger partial charge is 0.269 e. The van der Waals surface area contributed by atoms with E-state index < -0.39 is 0 Å². The predicted octanol–water partition coefficient (Wildman–Crippen LogP) is 1.73. The zero-order chi connectivity index (χ0) is 17.5. The number of thiazole rings is 1. The molecule has 0 unspecified atom stereocenters. The molecule has 0 N–H and O–H groups in total. The quantitative estimate of drug-likeness (QED) is 0.736. The van der Waals surface area contributed by atoms with E-state index in [4.69, 9.17) is 15.3 Å². The maximum absolute atomic E-state index is 12.7. The number of nitriles is 2. The minimum atomic E-state index is -0.165. The third-order valence-electron chi connectivity index (χ3n) is 3.38. The molecule has 0 saturated carbocycles. The van der Waals surface area contributed by atoms with E-state index in [1.807, 2.05) is 43.5 Å². The Bertz CT molecular complexity index is 951. The Morgan fingerprint density at radius 1 is 1.42 bits per heavy atom. The zero-order valence-corrected chi connectivity index (χ0v) is 15.2. The lowest BCUT2D eigenvalue weighted by molar-refractivity contribution is 0.141. The summed E-state index contributed by atoms with van der Waals surface area (Å²) in [5.41, 5.74) is 0.903. The average Bonchev–Trinajstić information content (AvgIpc) is 3.11. The summed E-state index contributed by atoms with van der Waals surface area (Å²) in [6, 6.07) is 5.76. The normalized spacial score (nSPS) is 11.2.